The van der Waals surface area contributed by atoms with E-state index in [-0.39, 0.29) is 0 Å². The average Bonchev–Trinajstić information content (AvgIpc) is 3.51. The third kappa shape index (κ3) is 5.39. The van der Waals surface area contributed by atoms with Crippen LogP contribution < -0.4 is 0 Å². The molecular weight excluding hydrogens is 446 g/mol. The normalized spacial score (nSPS) is 15.1. The van der Waals surface area contributed by atoms with Gasteiger partial charge >= 0.3 is 0 Å². The molecule has 0 N–H and O–H groups in total. The summed E-state index contributed by atoms with van der Waals surface area (Å²) in [6.07, 6.45) is 9.88. The van der Waals surface area contributed by atoms with Crippen LogP contribution in [0.15, 0.2) is 34.6 Å². The molecule has 0 spiro atoms. The standard InChI is InChI=1S/C25H33N5OSSi/c1-33(2,3)14-13-31-17-30-23(27-25(29-30)32-24-11-6-12-26-28-24)16-22-20-9-4-7-18(20)15-19-8-5-10-21(19)22/h6,11-12,15H,4-5,7-10,13-14,16-17H2,1-3H3. The Kier molecular flexibility index (Phi) is 6.67. The van der Waals surface area contributed by atoms with Gasteiger partial charge in [-0.3, -0.25) is 0 Å². The number of benzene rings is 1. The van der Waals surface area contributed by atoms with Gasteiger partial charge in [0.05, 0.1) is 0 Å². The van der Waals surface area contributed by atoms with Crippen molar-refractivity contribution in [3.8, 4) is 0 Å². The van der Waals surface area contributed by atoms with Gasteiger partial charge in [-0.05, 0) is 96.3 Å². The highest BCUT2D eigenvalue weighted by molar-refractivity contribution is 7.99. The first-order chi connectivity index (χ1) is 16.0. The van der Waals surface area contributed by atoms with E-state index in [1.807, 2.05) is 16.8 Å². The summed E-state index contributed by atoms with van der Waals surface area (Å²) in [6, 6.07) is 7.48. The molecular formula is C25H33N5OSSi. The Hall–Kier alpha value is -2.03. The first kappa shape index (κ1) is 22.7. The predicted molar refractivity (Wildman–Crippen MR) is 134 cm³/mol. The van der Waals surface area contributed by atoms with Gasteiger partial charge in [0.2, 0.25) is 5.16 Å². The Bertz CT molecular complexity index is 1090. The zero-order chi connectivity index (χ0) is 22.8. The SMILES string of the molecule is C[Si](C)(C)CCOCn1nc(Sc2cccnn2)nc1Cc1c2c(cc3c1CCC3)CCC2. The minimum absolute atomic E-state index is 0.449. The molecule has 174 valence electrons. The highest BCUT2D eigenvalue weighted by Crippen LogP contribution is 2.36. The molecule has 2 aliphatic carbocycles. The summed E-state index contributed by atoms with van der Waals surface area (Å²) in [5.74, 6) is 0.990. The molecule has 3 aromatic rings. The first-order valence-electron chi connectivity index (χ1n) is 12.1. The number of fused-ring (bicyclic) bond motifs is 2. The molecule has 33 heavy (non-hydrogen) atoms. The zero-order valence-electron chi connectivity index (χ0n) is 19.9. The maximum atomic E-state index is 6.08. The predicted octanol–water partition coefficient (Wildman–Crippen LogP) is 5.10. The van der Waals surface area contributed by atoms with Crippen molar-refractivity contribution in [2.24, 2.45) is 0 Å². The Morgan fingerprint density at radius 1 is 1.06 bits per heavy atom. The zero-order valence-corrected chi connectivity index (χ0v) is 21.7. The summed E-state index contributed by atoms with van der Waals surface area (Å²) < 4.78 is 8.05. The van der Waals surface area contributed by atoms with Crippen molar-refractivity contribution >= 4 is 19.8 Å². The van der Waals surface area contributed by atoms with Crippen LogP contribution in [0.25, 0.3) is 0 Å². The quantitative estimate of drug-likeness (QED) is 0.314. The lowest BCUT2D eigenvalue weighted by Gasteiger charge is -2.17. The Balaban J connectivity index is 1.42. The smallest absolute Gasteiger partial charge is 0.215 e. The average molecular weight is 480 g/mol. The van der Waals surface area contributed by atoms with Crippen molar-refractivity contribution in [3.05, 3.63) is 58.0 Å². The third-order valence-electron chi connectivity index (χ3n) is 6.62. The van der Waals surface area contributed by atoms with E-state index in [0.717, 1.165) is 29.9 Å². The highest BCUT2D eigenvalue weighted by atomic mass is 32.2. The molecule has 0 radical (unpaired) electrons. The van der Waals surface area contributed by atoms with E-state index in [1.54, 1.807) is 28.5 Å². The van der Waals surface area contributed by atoms with Gasteiger partial charge in [-0.2, -0.15) is 5.10 Å². The van der Waals surface area contributed by atoms with E-state index in [0.29, 0.717) is 11.9 Å². The summed E-state index contributed by atoms with van der Waals surface area (Å²) >= 11 is 1.46. The van der Waals surface area contributed by atoms with Crippen molar-refractivity contribution in [3.63, 3.8) is 0 Å². The monoisotopic (exact) mass is 479 g/mol. The topological polar surface area (TPSA) is 65.7 Å². The summed E-state index contributed by atoms with van der Waals surface area (Å²) in [4.78, 5) is 4.95. The molecule has 1 aromatic carbocycles. The van der Waals surface area contributed by atoms with Crippen LogP contribution in [-0.4, -0.2) is 39.6 Å². The maximum absolute atomic E-state index is 6.08. The van der Waals surface area contributed by atoms with Crippen LogP contribution in [-0.2, 0) is 43.6 Å². The van der Waals surface area contributed by atoms with Gasteiger partial charge in [0, 0.05) is 27.3 Å². The van der Waals surface area contributed by atoms with E-state index >= 15 is 0 Å². The molecule has 0 saturated heterocycles. The van der Waals surface area contributed by atoms with Crippen molar-refractivity contribution in [1.82, 2.24) is 25.0 Å². The van der Waals surface area contributed by atoms with Crippen LogP contribution in [0.4, 0.5) is 0 Å². The van der Waals surface area contributed by atoms with Crippen molar-refractivity contribution in [2.45, 2.75) is 87.5 Å². The van der Waals surface area contributed by atoms with E-state index < -0.39 is 8.07 Å². The van der Waals surface area contributed by atoms with Gasteiger partial charge in [-0.15, -0.1) is 10.2 Å². The van der Waals surface area contributed by atoms with Crippen LogP contribution >= 0.6 is 11.8 Å². The number of aryl methyl sites for hydroxylation is 2. The van der Waals surface area contributed by atoms with Crippen molar-refractivity contribution in [1.29, 1.82) is 0 Å². The molecule has 0 bridgehead atoms. The van der Waals surface area contributed by atoms with Gasteiger partial charge in [-0.1, -0.05) is 25.7 Å². The maximum Gasteiger partial charge on any atom is 0.215 e. The number of nitrogens with zero attached hydrogens (tertiary/aromatic N) is 5. The Labute approximate surface area is 201 Å². The van der Waals surface area contributed by atoms with Crippen molar-refractivity contribution in [2.75, 3.05) is 6.61 Å². The minimum atomic E-state index is -1.13. The Morgan fingerprint density at radius 3 is 2.48 bits per heavy atom. The molecule has 6 nitrogen and oxygen atoms in total. The molecule has 0 fully saturated rings. The molecule has 5 rings (SSSR count). The third-order valence-corrected chi connectivity index (χ3v) is 9.10. The van der Waals surface area contributed by atoms with Crippen LogP contribution in [0, 0.1) is 0 Å². The summed E-state index contributed by atoms with van der Waals surface area (Å²) in [7, 11) is -1.13. The largest absolute Gasteiger partial charge is 0.359 e. The highest BCUT2D eigenvalue weighted by Gasteiger charge is 2.25. The number of aromatic nitrogens is 5. The van der Waals surface area contributed by atoms with Gasteiger partial charge in [0.15, 0.2) is 0 Å². The molecule has 0 amide bonds. The van der Waals surface area contributed by atoms with Crippen LogP contribution in [0.3, 0.4) is 0 Å². The second kappa shape index (κ2) is 9.68. The fourth-order valence-corrected chi connectivity index (χ4v) is 6.37. The molecule has 0 aliphatic heterocycles. The fourth-order valence-electron chi connectivity index (χ4n) is 4.90. The lowest BCUT2D eigenvalue weighted by atomic mass is 9.92. The van der Waals surface area contributed by atoms with Gasteiger partial charge in [-0.25, -0.2) is 9.67 Å². The molecule has 2 aromatic heterocycles. The molecule has 2 aliphatic rings. The van der Waals surface area contributed by atoms with Crippen LogP contribution in [0.2, 0.25) is 25.7 Å². The van der Waals surface area contributed by atoms with E-state index in [1.165, 1.54) is 55.9 Å². The number of hydrogen-bond donors (Lipinski definition) is 0. The lowest BCUT2D eigenvalue weighted by molar-refractivity contribution is 0.0757. The Morgan fingerprint density at radius 2 is 1.82 bits per heavy atom. The van der Waals surface area contributed by atoms with Crippen LogP contribution in [0.5, 0.6) is 0 Å². The number of rotatable bonds is 9. The molecule has 0 saturated carbocycles. The molecule has 0 unspecified atom stereocenters. The van der Waals surface area contributed by atoms with Gasteiger partial charge in [0.1, 0.15) is 17.6 Å². The lowest BCUT2D eigenvalue weighted by Crippen LogP contribution is -2.22. The molecule has 8 heteroatoms. The van der Waals surface area contributed by atoms with Gasteiger partial charge in [0.25, 0.3) is 0 Å². The summed E-state index contributed by atoms with van der Waals surface area (Å²) in [5, 5.41) is 14.5. The van der Waals surface area contributed by atoms with Crippen LogP contribution in [0.1, 0.15) is 46.5 Å². The van der Waals surface area contributed by atoms with Gasteiger partial charge < -0.3 is 4.74 Å². The number of hydrogen-bond acceptors (Lipinski definition) is 6. The van der Waals surface area contributed by atoms with E-state index in [2.05, 4.69) is 35.9 Å². The first-order valence-corrected chi connectivity index (χ1v) is 16.6. The fraction of sp³-hybridized carbons (Fsp3) is 0.520. The van der Waals surface area contributed by atoms with E-state index in [9.17, 15) is 0 Å². The summed E-state index contributed by atoms with van der Waals surface area (Å²) in [6.45, 7) is 8.36. The second-order valence-corrected chi connectivity index (χ2v) is 16.9. The van der Waals surface area contributed by atoms with Crippen molar-refractivity contribution < 1.29 is 4.74 Å². The molecule has 0 atom stereocenters. The second-order valence-electron chi connectivity index (χ2n) is 10.3. The minimum Gasteiger partial charge on any atom is -0.359 e. The molecule has 2 heterocycles. The summed E-state index contributed by atoms with van der Waals surface area (Å²) in [5.41, 5.74) is 7.81. The van der Waals surface area contributed by atoms with E-state index in [4.69, 9.17) is 14.8 Å². The number of ether oxygens (including phenoxy) is 1.